The van der Waals surface area contributed by atoms with Gasteiger partial charge in [-0.05, 0) is 71.8 Å². The zero-order chi connectivity index (χ0) is 30.4. The number of amides is 2. The maximum absolute atomic E-state index is 14.0. The Morgan fingerprint density at radius 2 is 1.79 bits per heavy atom. The molecule has 3 aromatic carbocycles. The highest BCUT2D eigenvalue weighted by Crippen LogP contribution is 2.47. The standard InChI is InChI=1S/C32H34ClFN4O4S/c1-43(41,42)38-20-32(26-4-2-3-5-29(26)38)12-14-37(15-13-32)31(40)28(16-21-6-9-24(33)10-7-21)36-30(39)27-18-22-8-11-25(34)17-23(22)19-35-27/h2-11,17,27-28,35H,12-16,18-20H2,1H3,(H,36,39). The van der Waals surface area contributed by atoms with E-state index < -0.39 is 22.1 Å². The highest BCUT2D eigenvalue weighted by Gasteiger charge is 2.48. The Morgan fingerprint density at radius 1 is 1.07 bits per heavy atom. The van der Waals surface area contributed by atoms with E-state index >= 15 is 0 Å². The van der Waals surface area contributed by atoms with Crippen molar-refractivity contribution in [2.45, 2.75) is 49.7 Å². The van der Waals surface area contributed by atoms with Crippen LogP contribution in [0.4, 0.5) is 10.1 Å². The SMILES string of the molecule is CS(=O)(=O)N1CC2(CCN(C(=O)C(Cc3ccc(Cl)cc3)NC(=O)C3Cc4ccc(F)cc4CN3)CC2)c2ccccc21. The van der Waals surface area contributed by atoms with Crippen molar-refractivity contribution < 1.29 is 22.4 Å². The summed E-state index contributed by atoms with van der Waals surface area (Å²) in [6.07, 6.45) is 3.14. The van der Waals surface area contributed by atoms with E-state index in [2.05, 4.69) is 10.6 Å². The third kappa shape index (κ3) is 6.01. The first-order chi connectivity index (χ1) is 20.5. The Balaban J connectivity index is 1.19. The minimum atomic E-state index is -3.45. The fourth-order valence-electron chi connectivity index (χ4n) is 6.68. The molecule has 2 N–H and O–H groups in total. The zero-order valence-corrected chi connectivity index (χ0v) is 25.4. The monoisotopic (exact) mass is 624 g/mol. The molecule has 11 heteroatoms. The first-order valence-electron chi connectivity index (χ1n) is 14.4. The molecule has 0 bridgehead atoms. The number of piperidine rings is 1. The number of sulfonamides is 1. The predicted molar refractivity (Wildman–Crippen MR) is 164 cm³/mol. The number of likely N-dealkylation sites (tertiary alicyclic amines) is 1. The normalized spacial score (nSPS) is 19.9. The van der Waals surface area contributed by atoms with Gasteiger partial charge in [0, 0.05) is 43.0 Å². The molecule has 3 heterocycles. The minimum absolute atomic E-state index is 0.178. The number of nitrogens with zero attached hydrogens (tertiary/aromatic N) is 2. The molecule has 8 nitrogen and oxygen atoms in total. The van der Waals surface area contributed by atoms with Crippen molar-refractivity contribution in [3.05, 3.63) is 99.8 Å². The van der Waals surface area contributed by atoms with Crippen LogP contribution < -0.4 is 14.9 Å². The number of benzene rings is 3. The first kappa shape index (κ1) is 29.6. The summed E-state index contributed by atoms with van der Waals surface area (Å²) in [6, 6.07) is 18.0. The first-order valence-corrected chi connectivity index (χ1v) is 16.7. The van der Waals surface area contributed by atoms with Gasteiger partial charge in [-0.25, -0.2) is 12.8 Å². The van der Waals surface area contributed by atoms with Gasteiger partial charge in [0.05, 0.1) is 18.0 Å². The Hall–Kier alpha value is -3.47. The molecule has 6 rings (SSSR count). The van der Waals surface area contributed by atoms with Gasteiger partial charge in [-0.2, -0.15) is 0 Å². The molecule has 1 spiro atoms. The second-order valence-electron chi connectivity index (χ2n) is 11.8. The van der Waals surface area contributed by atoms with Gasteiger partial charge in [0.15, 0.2) is 0 Å². The quantitative estimate of drug-likeness (QED) is 0.437. The lowest BCUT2D eigenvalue weighted by atomic mass is 9.74. The summed E-state index contributed by atoms with van der Waals surface area (Å²) in [5.74, 6) is -0.780. The Kier molecular flexibility index (Phi) is 7.95. The van der Waals surface area contributed by atoms with E-state index in [1.165, 1.54) is 22.7 Å². The van der Waals surface area contributed by atoms with Crippen molar-refractivity contribution in [1.82, 2.24) is 15.5 Å². The van der Waals surface area contributed by atoms with Crippen LogP contribution in [-0.4, -0.2) is 63.1 Å². The lowest BCUT2D eigenvalue weighted by Crippen LogP contribution is -2.57. The Morgan fingerprint density at radius 3 is 2.51 bits per heavy atom. The van der Waals surface area contributed by atoms with E-state index in [1.54, 1.807) is 23.1 Å². The fourth-order valence-corrected chi connectivity index (χ4v) is 7.81. The molecule has 2 atom stereocenters. The van der Waals surface area contributed by atoms with Gasteiger partial charge in [0.2, 0.25) is 21.8 Å². The van der Waals surface area contributed by atoms with Crippen molar-refractivity contribution in [1.29, 1.82) is 0 Å². The molecule has 43 heavy (non-hydrogen) atoms. The summed E-state index contributed by atoms with van der Waals surface area (Å²) in [6.45, 7) is 1.61. The summed E-state index contributed by atoms with van der Waals surface area (Å²) >= 11 is 6.09. The summed E-state index contributed by atoms with van der Waals surface area (Å²) in [4.78, 5) is 29.3. The maximum Gasteiger partial charge on any atom is 0.245 e. The van der Waals surface area contributed by atoms with Gasteiger partial charge in [-0.15, -0.1) is 0 Å². The van der Waals surface area contributed by atoms with Crippen molar-refractivity contribution >= 4 is 39.1 Å². The number of carbonyl (C=O) groups is 2. The lowest BCUT2D eigenvalue weighted by Gasteiger charge is -2.41. The molecule has 3 aromatic rings. The predicted octanol–water partition coefficient (Wildman–Crippen LogP) is 3.56. The third-order valence-corrected chi connectivity index (χ3v) is 10.4. The lowest BCUT2D eigenvalue weighted by molar-refractivity contribution is -0.138. The molecule has 0 aliphatic carbocycles. The van der Waals surface area contributed by atoms with Crippen LogP contribution in [0.25, 0.3) is 0 Å². The number of anilines is 1. The number of nitrogens with one attached hydrogen (secondary N) is 2. The van der Waals surface area contributed by atoms with E-state index in [0.717, 1.165) is 22.3 Å². The van der Waals surface area contributed by atoms with Crippen LogP contribution in [0.5, 0.6) is 0 Å². The van der Waals surface area contributed by atoms with E-state index in [1.807, 2.05) is 36.4 Å². The Bertz CT molecular complexity index is 1660. The van der Waals surface area contributed by atoms with Crippen LogP contribution in [0.2, 0.25) is 5.02 Å². The smallest absolute Gasteiger partial charge is 0.245 e. The molecule has 1 fully saturated rings. The molecule has 2 amide bonds. The van der Waals surface area contributed by atoms with Gasteiger partial charge in [0.25, 0.3) is 0 Å². The van der Waals surface area contributed by atoms with Crippen molar-refractivity contribution in [3.8, 4) is 0 Å². The number of para-hydroxylation sites is 1. The molecule has 3 aliphatic rings. The summed E-state index contributed by atoms with van der Waals surface area (Å²) < 4.78 is 40.3. The fraction of sp³-hybridized carbons (Fsp3) is 0.375. The van der Waals surface area contributed by atoms with Crippen molar-refractivity contribution in [2.24, 2.45) is 0 Å². The maximum atomic E-state index is 14.0. The van der Waals surface area contributed by atoms with Crippen LogP contribution in [0.15, 0.2) is 66.7 Å². The van der Waals surface area contributed by atoms with Crippen molar-refractivity contribution in [2.75, 3.05) is 30.2 Å². The number of hydrogen-bond donors (Lipinski definition) is 2. The minimum Gasteiger partial charge on any atom is -0.343 e. The van der Waals surface area contributed by atoms with Gasteiger partial charge < -0.3 is 15.5 Å². The highest BCUT2D eigenvalue weighted by molar-refractivity contribution is 7.92. The number of rotatable bonds is 6. The average Bonchev–Trinajstić information content (AvgIpc) is 3.32. The van der Waals surface area contributed by atoms with Crippen LogP contribution in [-0.2, 0) is 44.4 Å². The van der Waals surface area contributed by atoms with E-state index in [4.69, 9.17) is 11.6 Å². The van der Waals surface area contributed by atoms with E-state index in [9.17, 15) is 22.4 Å². The highest BCUT2D eigenvalue weighted by atomic mass is 35.5. The second kappa shape index (κ2) is 11.6. The molecule has 0 saturated carbocycles. The second-order valence-corrected chi connectivity index (χ2v) is 14.2. The van der Waals surface area contributed by atoms with Gasteiger partial charge in [-0.3, -0.25) is 13.9 Å². The van der Waals surface area contributed by atoms with Gasteiger partial charge in [0.1, 0.15) is 11.9 Å². The summed E-state index contributed by atoms with van der Waals surface area (Å²) in [5.41, 5.74) is 3.93. The average molecular weight is 625 g/mol. The third-order valence-electron chi connectivity index (χ3n) is 9.04. The molecular weight excluding hydrogens is 591 g/mol. The molecular formula is C32H34ClFN4O4S. The molecule has 226 valence electrons. The van der Waals surface area contributed by atoms with Crippen LogP contribution in [0, 0.1) is 5.82 Å². The zero-order valence-electron chi connectivity index (χ0n) is 23.9. The van der Waals surface area contributed by atoms with Gasteiger partial charge >= 0.3 is 0 Å². The molecule has 0 aromatic heterocycles. The number of carbonyl (C=O) groups excluding carboxylic acids is 2. The summed E-state index contributed by atoms with van der Waals surface area (Å²) in [7, 11) is -3.45. The van der Waals surface area contributed by atoms with Crippen LogP contribution in [0.1, 0.15) is 35.1 Å². The largest absolute Gasteiger partial charge is 0.343 e. The molecule has 0 radical (unpaired) electrons. The summed E-state index contributed by atoms with van der Waals surface area (Å²) in [5, 5.41) is 6.77. The number of halogens is 2. The molecule has 2 unspecified atom stereocenters. The van der Waals surface area contributed by atoms with Crippen molar-refractivity contribution in [3.63, 3.8) is 0 Å². The molecule has 3 aliphatic heterocycles. The van der Waals surface area contributed by atoms with E-state index in [-0.39, 0.29) is 23.0 Å². The number of hydrogen-bond acceptors (Lipinski definition) is 5. The van der Waals surface area contributed by atoms with Gasteiger partial charge in [-0.1, -0.05) is 48.0 Å². The van der Waals surface area contributed by atoms with Crippen LogP contribution >= 0.6 is 11.6 Å². The topological polar surface area (TPSA) is 98.8 Å². The van der Waals surface area contributed by atoms with E-state index in [0.29, 0.717) is 62.6 Å². The molecule has 1 saturated heterocycles. The number of fused-ring (bicyclic) bond motifs is 3. The Labute approximate surface area is 256 Å². The van der Waals surface area contributed by atoms with Crippen LogP contribution in [0.3, 0.4) is 0 Å².